The van der Waals surface area contributed by atoms with Crippen molar-refractivity contribution in [2.75, 3.05) is 39.9 Å². The highest BCUT2D eigenvalue weighted by atomic mass is 32.2. The van der Waals surface area contributed by atoms with Crippen LogP contribution < -0.4 is 10.6 Å². The van der Waals surface area contributed by atoms with Crippen LogP contribution in [0.2, 0.25) is 0 Å². The highest BCUT2D eigenvalue weighted by molar-refractivity contribution is 7.88. The van der Waals surface area contributed by atoms with Gasteiger partial charge in [-0.1, -0.05) is 24.3 Å². The van der Waals surface area contributed by atoms with Gasteiger partial charge in [-0.3, -0.25) is 4.99 Å². The lowest BCUT2D eigenvalue weighted by Crippen LogP contribution is -2.41. The van der Waals surface area contributed by atoms with Gasteiger partial charge in [0.15, 0.2) is 5.96 Å². The van der Waals surface area contributed by atoms with E-state index >= 15 is 0 Å². The summed E-state index contributed by atoms with van der Waals surface area (Å²) < 4.78 is 34.4. The highest BCUT2D eigenvalue weighted by Gasteiger charge is 2.25. The van der Waals surface area contributed by atoms with Crippen molar-refractivity contribution in [3.63, 3.8) is 0 Å². The molecule has 0 amide bonds. The van der Waals surface area contributed by atoms with Crippen LogP contribution in [-0.4, -0.2) is 63.1 Å². The van der Waals surface area contributed by atoms with E-state index in [1.165, 1.54) is 4.31 Å². The van der Waals surface area contributed by atoms with Crippen molar-refractivity contribution in [3.8, 4) is 0 Å². The molecular weight excluding hydrogens is 390 g/mol. The lowest BCUT2D eigenvalue weighted by atomic mass is 10.1. The van der Waals surface area contributed by atoms with Crippen molar-refractivity contribution >= 4 is 16.0 Å². The largest absolute Gasteiger partial charge is 0.379 e. The molecule has 1 aliphatic heterocycles. The number of morpholine rings is 1. The van der Waals surface area contributed by atoms with Gasteiger partial charge >= 0.3 is 0 Å². The predicted molar refractivity (Wildman–Crippen MR) is 114 cm³/mol. The molecule has 0 bridgehead atoms. The van der Waals surface area contributed by atoms with Crippen LogP contribution in [0.3, 0.4) is 0 Å². The maximum absolute atomic E-state index is 12.8. The van der Waals surface area contributed by atoms with E-state index < -0.39 is 10.0 Å². The van der Waals surface area contributed by atoms with Gasteiger partial charge in [-0.15, -0.1) is 0 Å². The van der Waals surface area contributed by atoms with Gasteiger partial charge in [0.2, 0.25) is 10.0 Å². The molecule has 0 spiro atoms. The Bertz CT molecular complexity index is 891. The number of nitrogens with one attached hydrogen (secondary N) is 2. The summed E-state index contributed by atoms with van der Waals surface area (Å²) in [6, 6.07) is 11.6. The summed E-state index contributed by atoms with van der Waals surface area (Å²) in [4.78, 5) is 4.24. The van der Waals surface area contributed by atoms with Crippen LogP contribution in [0, 0.1) is 0 Å². The SMILES string of the molecule is CN=C(NCCn1cccc1)NCc1ccccc1CS(=O)(=O)N1CCOCC1. The second-order valence-electron chi connectivity index (χ2n) is 6.81. The van der Waals surface area contributed by atoms with E-state index in [9.17, 15) is 8.42 Å². The highest BCUT2D eigenvalue weighted by Crippen LogP contribution is 2.16. The first-order valence-corrected chi connectivity index (χ1v) is 11.4. The molecule has 29 heavy (non-hydrogen) atoms. The molecule has 0 saturated carbocycles. The number of hydrogen-bond acceptors (Lipinski definition) is 4. The van der Waals surface area contributed by atoms with E-state index in [0.29, 0.717) is 38.8 Å². The van der Waals surface area contributed by atoms with E-state index in [2.05, 4.69) is 20.2 Å². The average Bonchev–Trinajstić information content (AvgIpc) is 3.25. The quantitative estimate of drug-likeness (QED) is 0.493. The molecule has 0 atom stereocenters. The van der Waals surface area contributed by atoms with Crippen LogP contribution in [0.4, 0.5) is 0 Å². The number of benzene rings is 1. The van der Waals surface area contributed by atoms with Crippen LogP contribution in [0.1, 0.15) is 11.1 Å². The second kappa shape index (κ2) is 10.4. The molecule has 2 heterocycles. The topological polar surface area (TPSA) is 88.0 Å². The fraction of sp³-hybridized carbons (Fsp3) is 0.450. The lowest BCUT2D eigenvalue weighted by Gasteiger charge is -2.26. The van der Waals surface area contributed by atoms with E-state index in [1.807, 2.05) is 48.8 Å². The third-order valence-electron chi connectivity index (χ3n) is 4.82. The van der Waals surface area contributed by atoms with Gasteiger partial charge in [0.25, 0.3) is 0 Å². The van der Waals surface area contributed by atoms with Gasteiger partial charge in [-0.25, -0.2) is 8.42 Å². The fourth-order valence-corrected chi connectivity index (χ4v) is 4.77. The van der Waals surface area contributed by atoms with Gasteiger partial charge in [-0.05, 0) is 23.3 Å². The molecule has 1 aromatic heterocycles. The minimum atomic E-state index is -3.37. The molecule has 1 fully saturated rings. The van der Waals surface area contributed by atoms with Crippen molar-refractivity contribution in [3.05, 3.63) is 59.9 Å². The monoisotopic (exact) mass is 419 g/mol. The smallest absolute Gasteiger partial charge is 0.218 e. The van der Waals surface area contributed by atoms with Crippen molar-refractivity contribution in [1.82, 2.24) is 19.5 Å². The molecular formula is C20H29N5O3S. The number of rotatable bonds is 8. The number of aromatic nitrogens is 1. The van der Waals surface area contributed by atoms with Gasteiger partial charge in [0, 0.05) is 52.2 Å². The maximum atomic E-state index is 12.8. The standard InChI is InChI=1S/C20H29N5O3S/c1-21-20(22-8-11-24-9-4-5-10-24)23-16-18-6-2-3-7-19(18)17-29(26,27)25-12-14-28-15-13-25/h2-7,9-10H,8,11-17H2,1H3,(H2,21,22,23). The molecule has 0 aliphatic carbocycles. The molecule has 2 N–H and O–H groups in total. The summed E-state index contributed by atoms with van der Waals surface area (Å²) in [5, 5.41) is 6.55. The molecule has 1 saturated heterocycles. The number of aliphatic imine (C=N–C) groups is 1. The summed E-state index contributed by atoms with van der Waals surface area (Å²) >= 11 is 0. The molecule has 1 aromatic carbocycles. The van der Waals surface area contributed by atoms with Crippen LogP contribution in [0.5, 0.6) is 0 Å². The van der Waals surface area contributed by atoms with Crippen LogP contribution in [-0.2, 0) is 33.6 Å². The summed E-state index contributed by atoms with van der Waals surface area (Å²) in [6.45, 7) is 3.81. The van der Waals surface area contributed by atoms with E-state index in [0.717, 1.165) is 24.2 Å². The number of nitrogens with zero attached hydrogens (tertiary/aromatic N) is 3. The molecule has 8 nitrogen and oxygen atoms in total. The van der Waals surface area contributed by atoms with Crippen LogP contribution in [0.25, 0.3) is 0 Å². The van der Waals surface area contributed by atoms with E-state index in [4.69, 9.17) is 4.74 Å². The minimum Gasteiger partial charge on any atom is -0.379 e. The Hall–Kier alpha value is -2.36. The lowest BCUT2D eigenvalue weighted by molar-refractivity contribution is 0.0729. The van der Waals surface area contributed by atoms with Gasteiger partial charge in [0.1, 0.15) is 0 Å². The maximum Gasteiger partial charge on any atom is 0.218 e. The number of sulfonamides is 1. The Morgan fingerprint density at radius 2 is 1.76 bits per heavy atom. The van der Waals surface area contributed by atoms with Gasteiger partial charge < -0.3 is 19.9 Å². The third kappa shape index (κ3) is 6.31. The fourth-order valence-electron chi connectivity index (χ4n) is 3.21. The first-order valence-electron chi connectivity index (χ1n) is 9.76. The minimum absolute atomic E-state index is 0.00941. The Labute approximate surface area is 172 Å². The number of ether oxygens (including phenoxy) is 1. The van der Waals surface area contributed by atoms with Crippen molar-refractivity contribution in [1.29, 1.82) is 0 Å². The molecule has 3 rings (SSSR count). The predicted octanol–water partition coefficient (Wildman–Crippen LogP) is 1.02. The van der Waals surface area contributed by atoms with E-state index in [-0.39, 0.29) is 5.75 Å². The zero-order chi connectivity index (χ0) is 20.5. The first-order chi connectivity index (χ1) is 14.1. The van der Waals surface area contributed by atoms with E-state index in [1.54, 1.807) is 7.05 Å². The van der Waals surface area contributed by atoms with Crippen LogP contribution >= 0.6 is 0 Å². The molecule has 158 valence electrons. The summed E-state index contributed by atoms with van der Waals surface area (Å²) in [5.41, 5.74) is 1.74. The molecule has 1 aliphatic rings. The first kappa shape index (κ1) is 21.4. The normalized spacial score (nSPS) is 16.0. The van der Waals surface area contributed by atoms with Gasteiger partial charge in [-0.2, -0.15) is 4.31 Å². The number of guanidine groups is 1. The molecule has 9 heteroatoms. The average molecular weight is 420 g/mol. The summed E-state index contributed by atoms with van der Waals surface area (Å²) in [6.07, 6.45) is 4.03. The summed E-state index contributed by atoms with van der Waals surface area (Å²) in [7, 11) is -1.64. The van der Waals surface area contributed by atoms with Gasteiger partial charge in [0.05, 0.1) is 19.0 Å². The molecule has 2 aromatic rings. The zero-order valence-electron chi connectivity index (χ0n) is 16.8. The molecule has 0 radical (unpaired) electrons. The second-order valence-corrected chi connectivity index (χ2v) is 8.78. The van der Waals surface area contributed by atoms with Crippen molar-refractivity contribution in [2.24, 2.45) is 4.99 Å². The third-order valence-corrected chi connectivity index (χ3v) is 6.65. The summed E-state index contributed by atoms with van der Waals surface area (Å²) in [5.74, 6) is 0.674. The van der Waals surface area contributed by atoms with Crippen LogP contribution in [0.15, 0.2) is 53.8 Å². The molecule has 0 unspecified atom stereocenters. The Morgan fingerprint density at radius 1 is 1.07 bits per heavy atom. The number of hydrogen-bond donors (Lipinski definition) is 2. The Morgan fingerprint density at radius 3 is 2.45 bits per heavy atom. The van der Waals surface area contributed by atoms with Crippen molar-refractivity contribution < 1.29 is 13.2 Å². The Kier molecular flexibility index (Phi) is 7.68. The zero-order valence-corrected chi connectivity index (χ0v) is 17.6. The van der Waals surface area contributed by atoms with Crippen molar-refractivity contribution in [2.45, 2.75) is 18.8 Å². The Balaban J connectivity index is 1.56.